The second kappa shape index (κ2) is 10.1. The van der Waals surface area contributed by atoms with E-state index >= 15 is 0 Å². The van der Waals surface area contributed by atoms with Gasteiger partial charge in [0.15, 0.2) is 6.10 Å². The first-order valence-electron chi connectivity index (χ1n) is 11.5. The number of benzene rings is 2. The molecule has 2 aromatic rings. The van der Waals surface area contributed by atoms with E-state index in [1.165, 1.54) is 26.0 Å². The Kier molecular flexibility index (Phi) is 7.09. The van der Waals surface area contributed by atoms with Gasteiger partial charge in [0.25, 0.3) is 5.91 Å². The zero-order valence-corrected chi connectivity index (χ0v) is 20.0. The number of alkyl carbamates (subject to hydrolysis) is 1. The highest BCUT2D eigenvalue weighted by molar-refractivity contribution is 5.90. The van der Waals surface area contributed by atoms with Gasteiger partial charge in [-0.25, -0.2) is 9.59 Å². The number of carboxylic acid groups (broad SMARTS) is 1. The lowest BCUT2D eigenvalue weighted by molar-refractivity contribution is -0.159. The maximum absolute atomic E-state index is 13.1. The second-order valence-corrected chi connectivity index (χ2v) is 9.02. The van der Waals surface area contributed by atoms with Gasteiger partial charge in [-0.1, -0.05) is 48.5 Å². The first kappa shape index (κ1) is 24.7. The summed E-state index contributed by atoms with van der Waals surface area (Å²) >= 11 is 0. The highest BCUT2D eigenvalue weighted by atomic mass is 16.5. The number of hydrogen-bond acceptors (Lipinski definition) is 6. The summed E-state index contributed by atoms with van der Waals surface area (Å²) in [6.07, 6.45) is -1.97. The van der Waals surface area contributed by atoms with Crippen molar-refractivity contribution < 1.29 is 33.7 Å². The van der Waals surface area contributed by atoms with E-state index in [4.69, 9.17) is 14.2 Å². The van der Waals surface area contributed by atoms with Gasteiger partial charge in [0, 0.05) is 33.1 Å². The minimum Gasteiger partial charge on any atom is -0.480 e. The van der Waals surface area contributed by atoms with Crippen molar-refractivity contribution in [3.8, 4) is 11.1 Å². The molecule has 1 aliphatic carbocycles. The molecule has 3 atom stereocenters. The number of amides is 2. The first-order valence-corrected chi connectivity index (χ1v) is 11.5. The van der Waals surface area contributed by atoms with Crippen molar-refractivity contribution in [3.05, 3.63) is 59.7 Å². The van der Waals surface area contributed by atoms with Crippen molar-refractivity contribution >= 4 is 18.0 Å². The van der Waals surface area contributed by atoms with E-state index < -0.39 is 35.7 Å². The Morgan fingerprint density at radius 3 is 2.23 bits per heavy atom. The molecule has 0 radical (unpaired) electrons. The third-order valence-electron chi connectivity index (χ3n) is 7.00. The van der Waals surface area contributed by atoms with Gasteiger partial charge in [-0.05, 0) is 29.2 Å². The van der Waals surface area contributed by atoms with Crippen LogP contribution in [0.1, 0.15) is 30.4 Å². The minimum atomic E-state index is -1.42. The second-order valence-electron chi connectivity index (χ2n) is 9.02. The Labute approximate surface area is 204 Å². The van der Waals surface area contributed by atoms with Crippen molar-refractivity contribution in [2.45, 2.75) is 37.0 Å². The summed E-state index contributed by atoms with van der Waals surface area (Å²) in [5.41, 5.74) is 3.03. The third kappa shape index (κ3) is 4.61. The number of rotatable bonds is 8. The van der Waals surface area contributed by atoms with E-state index in [1.54, 1.807) is 0 Å². The van der Waals surface area contributed by atoms with Crippen molar-refractivity contribution in [3.63, 3.8) is 0 Å². The maximum atomic E-state index is 13.1. The van der Waals surface area contributed by atoms with Crippen molar-refractivity contribution in [2.24, 2.45) is 0 Å². The third-order valence-corrected chi connectivity index (χ3v) is 7.00. The summed E-state index contributed by atoms with van der Waals surface area (Å²) in [5.74, 6) is -1.74. The van der Waals surface area contributed by atoms with Gasteiger partial charge in [0.2, 0.25) is 0 Å². The molecule has 9 nitrogen and oxygen atoms in total. The van der Waals surface area contributed by atoms with E-state index in [2.05, 4.69) is 17.4 Å². The van der Waals surface area contributed by atoms with Gasteiger partial charge in [-0.3, -0.25) is 4.79 Å². The standard InChI is InChI=1S/C26H30N2O7/c1-26(24(30)31)12-16(33-2)14-28(26)23(29)22(34-3)13-27-25(32)35-15-21-19-10-6-4-8-17(19)18-9-5-7-11-20(18)21/h4-11,16,21-22H,12-15H2,1-3H3,(H,27,32)(H,30,31). The molecule has 0 bridgehead atoms. The predicted molar refractivity (Wildman–Crippen MR) is 127 cm³/mol. The predicted octanol–water partition coefficient (Wildman–Crippen LogP) is 2.63. The van der Waals surface area contributed by atoms with Crippen LogP contribution in [0.5, 0.6) is 0 Å². The number of carbonyl (C=O) groups excluding carboxylic acids is 2. The number of nitrogens with zero attached hydrogens (tertiary/aromatic N) is 1. The maximum Gasteiger partial charge on any atom is 0.407 e. The summed E-state index contributed by atoms with van der Waals surface area (Å²) < 4.78 is 16.1. The van der Waals surface area contributed by atoms with Crippen LogP contribution >= 0.6 is 0 Å². The van der Waals surface area contributed by atoms with E-state index in [0.717, 1.165) is 22.3 Å². The lowest BCUT2D eigenvalue weighted by atomic mass is 9.98. The lowest BCUT2D eigenvalue weighted by Gasteiger charge is -2.33. The molecule has 0 spiro atoms. The smallest absolute Gasteiger partial charge is 0.407 e. The Balaban J connectivity index is 1.37. The van der Waals surface area contributed by atoms with Crippen LogP contribution in [0.4, 0.5) is 4.79 Å². The molecule has 2 amide bonds. The van der Waals surface area contributed by atoms with Crippen LogP contribution in [0.15, 0.2) is 48.5 Å². The zero-order valence-electron chi connectivity index (χ0n) is 20.0. The van der Waals surface area contributed by atoms with Gasteiger partial charge < -0.3 is 29.5 Å². The Morgan fingerprint density at radius 2 is 1.69 bits per heavy atom. The number of nitrogens with one attached hydrogen (secondary N) is 1. The van der Waals surface area contributed by atoms with Gasteiger partial charge in [0.1, 0.15) is 12.1 Å². The SMILES string of the molecule is COC1CN(C(=O)C(CNC(=O)OCC2c3ccccc3-c3ccccc32)OC)C(C)(C(=O)O)C1. The summed E-state index contributed by atoms with van der Waals surface area (Å²) in [6, 6.07) is 16.1. The molecule has 2 aliphatic rings. The Morgan fingerprint density at radius 1 is 1.09 bits per heavy atom. The molecule has 0 aromatic heterocycles. The van der Waals surface area contributed by atoms with E-state index in [0.29, 0.717) is 0 Å². The molecule has 1 fully saturated rings. The molecule has 35 heavy (non-hydrogen) atoms. The molecular weight excluding hydrogens is 452 g/mol. The number of carboxylic acids is 1. The quantitative estimate of drug-likeness (QED) is 0.594. The molecule has 9 heteroatoms. The van der Waals surface area contributed by atoms with E-state index in [1.807, 2.05) is 36.4 Å². The largest absolute Gasteiger partial charge is 0.480 e. The summed E-state index contributed by atoms with van der Waals surface area (Å²) in [7, 11) is 2.82. The fourth-order valence-corrected chi connectivity index (χ4v) is 4.99. The molecular formula is C26H30N2O7. The average Bonchev–Trinajstić information content (AvgIpc) is 3.38. The molecule has 3 unspecified atom stereocenters. The molecule has 1 aliphatic heterocycles. The number of ether oxygens (including phenoxy) is 3. The highest BCUT2D eigenvalue weighted by Gasteiger charge is 2.51. The highest BCUT2D eigenvalue weighted by Crippen LogP contribution is 2.44. The van der Waals surface area contributed by atoms with Gasteiger partial charge in [-0.15, -0.1) is 0 Å². The summed E-state index contributed by atoms with van der Waals surface area (Å²) in [5, 5.41) is 12.3. The van der Waals surface area contributed by atoms with Crippen LogP contribution in [0, 0.1) is 0 Å². The fraction of sp³-hybridized carbons (Fsp3) is 0.423. The fourth-order valence-electron chi connectivity index (χ4n) is 4.99. The molecule has 0 saturated carbocycles. The number of methoxy groups -OCH3 is 2. The van der Waals surface area contributed by atoms with Crippen LogP contribution in [0.25, 0.3) is 11.1 Å². The van der Waals surface area contributed by atoms with Crippen LogP contribution in [0.3, 0.4) is 0 Å². The topological polar surface area (TPSA) is 114 Å². The molecule has 2 aromatic carbocycles. The number of likely N-dealkylation sites (tertiary alicyclic amines) is 1. The van der Waals surface area contributed by atoms with Crippen molar-refractivity contribution in [1.82, 2.24) is 10.2 Å². The normalized spacial score (nSPS) is 21.8. The van der Waals surface area contributed by atoms with Gasteiger partial charge >= 0.3 is 12.1 Å². The van der Waals surface area contributed by atoms with Gasteiger partial charge in [0.05, 0.1) is 12.6 Å². The number of carbonyl (C=O) groups is 3. The van der Waals surface area contributed by atoms with Crippen LogP contribution in [0.2, 0.25) is 0 Å². The number of aliphatic carboxylic acids is 1. The Hall–Kier alpha value is -3.43. The van der Waals surface area contributed by atoms with E-state index in [9.17, 15) is 19.5 Å². The molecule has 1 heterocycles. The monoisotopic (exact) mass is 482 g/mol. The average molecular weight is 483 g/mol. The van der Waals surface area contributed by atoms with E-state index in [-0.39, 0.29) is 32.0 Å². The number of hydrogen-bond donors (Lipinski definition) is 2. The zero-order chi connectivity index (χ0) is 25.2. The molecule has 2 N–H and O–H groups in total. The van der Waals surface area contributed by atoms with Crippen molar-refractivity contribution in [1.29, 1.82) is 0 Å². The number of fused-ring (bicyclic) bond motifs is 3. The van der Waals surface area contributed by atoms with Crippen molar-refractivity contribution in [2.75, 3.05) is 33.9 Å². The minimum absolute atomic E-state index is 0.0835. The Bertz CT molecular complexity index is 1070. The van der Waals surface area contributed by atoms with Crippen LogP contribution in [-0.2, 0) is 23.8 Å². The summed E-state index contributed by atoms with van der Waals surface area (Å²) in [6.45, 7) is 1.60. The lowest BCUT2D eigenvalue weighted by Crippen LogP contribution is -2.55. The first-order chi connectivity index (χ1) is 16.8. The molecule has 4 rings (SSSR count). The molecule has 1 saturated heterocycles. The summed E-state index contributed by atoms with van der Waals surface area (Å²) in [4.78, 5) is 38.7. The molecule has 186 valence electrons. The van der Waals surface area contributed by atoms with Crippen LogP contribution in [-0.4, -0.2) is 79.6 Å². The van der Waals surface area contributed by atoms with Crippen LogP contribution < -0.4 is 5.32 Å². The van der Waals surface area contributed by atoms with Gasteiger partial charge in [-0.2, -0.15) is 0 Å².